The molecule has 1 aromatic rings. The van der Waals surface area contributed by atoms with E-state index >= 15 is 0 Å². The Labute approximate surface area is 86.2 Å². The van der Waals surface area contributed by atoms with Crippen molar-refractivity contribution >= 4 is 29.7 Å². The van der Waals surface area contributed by atoms with E-state index in [1.807, 2.05) is 0 Å². The lowest BCUT2D eigenvalue weighted by Crippen LogP contribution is -2.02. The summed E-state index contributed by atoms with van der Waals surface area (Å²) in [5, 5.41) is 10.8. The number of rotatable bonds is 2. The molecule has 72 valence electrons. The highest BCUT2D eigenvalue weighted by Crippen LogP contribution is 2.25. The molecule has 0 saturated heterocycles. The maximum absolute atomic E-state index is 10.4. The van der Waals surface area contributed by atoms with Gasteiger partial charge in [0.25, 0.3) is 5.69 Å². The van der Waals surface area contributed by atoms with Crippen LogP contribution in [0.3, 0.4) is 0 Å². The van der Waals surface area contributed by atoms with E-state index in [0.29, 0.717) is 10.6 Å². The summed E-state index contributed by atoms with van der Waals surface area (Å²) in [6.45, 7) is 0.0794. The number of nitro benzene ring substituents is 1. The zero-order chi connectivity index (χ0) is 9.14. The fourth-order valence-corrected chi connectivity index (χ4v) is 1.17. The molecule has 4 nitrogen and oxygen atoms in total. The maximum atomic E-state index is 10.4. The normalized spacial score (nSPS) is 9.08. The molecule has 0 unspecified atom stereocenters. The van der Waals surface area contributed by atoms with Gasteiger partial charge in [0.2, 0.25) is 0 Å². The molecule has 0 atom stereocenters. The minimum absolute atomic E-state index is 0. The summed E-state index contributed by atoms with van der Waals surface area (Å²) in [7, 11) is 0. The maximum Gasteiger partial charge on any atom is 0.275 e. The fraction of sp³-hybridized carbons (Fsp3) is 0.143. The van der Waals surface area contributed by atoms with Crippen LogP contribution < -0.4 is 5.73 Å². The van der Waals surface area contributed by atoms with Gasteiger partial charge < -0.3 is 5.73 Å². The molecule has 0 spiro atoms. The van der Waals surface area contributed by atoms with Gasteiger partial charge in [-0.3, -0.25) is 10.1 Å². The molecule has 0 aliphatic carbocycles. The van der Waals surface area contributed by atoms with Crippen LogP contribution in [-0.2, 0) is 6.54 Å². The SMILES string of the molecule is Cl.NCc1c(Cl)cccc1[N+](=O)[O-]. The summed E-state index contributed by atoms with van der Waals surface area (Å²) < 4.78 is 0. The van der Waals surface area contributed by atoms with Crippen molar-refractivity contribution in [1.82, 2.24) is 0 Å². The van der Waals surface area contributed by atoms with Crippen molar-refractivity contribution in [2.45, 2.75) is 6.54 Å². The van der Waals surface area contributed by atoms with Gasteiger partial charge in [0.15, 0.2) is 0 Å². The van der Waals surface area contributed by atoms with E-state index in [2.05, 4.69) is 0 Å². The van der Waals surface area contributed by atoms with E-state index < -0.39 is 4.92 Å². The molecule has 0 bridgehead atoms. The summed E-state index contributed by atoms with van der Waals surface area (Å²) in [6.07, 6.45) is 0. The van der Waals surface area contributed by atoms with Crippen LogP contribution in [0.2, 0.25) is 5.02 Å². The Bertz CT molecular complexity index is 317. The third-order valence-corrected chi connectivity index (χ3v) is 1.85. The van der Waals surface area contributed by atoms with Crippen molar-refractivity contribution < 1.29 is 4.92 Å². The molecule has 13 heavy (non-hydrogen) atoms. The minimum Gasteiger partial charge on any atom is -0.326 e. The average Bonchev–Trinajstić information content (AvgIpc) is 2.03. The van der Waals surface area contributed by atoms with Gasteiger partial charge >= 0.3 is 0 Å². The number of benzene rings is 1. The molecule has 0 aromatic heterocycles. The zero-order valence-electron chi connectivity index (χ0n) is 6.57. The lowest BCUT2D eigenvalue weighted by atomic mass is 10.2. The van der Waals surface area contributed by atoms with Crippen LogP contribution in [0, 0.1) is 10.1 Å². The highest BCUT2D eigenvalue weighted by Gasteiger charge is 2.13. The topological polar surface area (TPSA) is 69.2 Å². The van der Waals surface area contributed by atoms with Gasteiger partial charge in [-0.2, -0.15) is 0 Å². The van der Waals surface area contributed by atoms with E-state index in [1.54, 1.807) is 6.07 Å². The predicted molar refractivity (Wildman–Crippen MR) is 53.2 cm³/mol. The van der Waals surface area contributed by atoms with Crippen molar-refractivity contribution in [1.29, 1.82) is 0 Å². The number of nitrogens with zero attached hydrogens (tertiary/aromatic N) is 1. The van der Waals surface area contributed by atoms with Crippen molar-refractivity contribution in [2.24, 2.45) is 5.73 Å². The van der Waals surface area contributed by atoms with Crippen LogP contribution in [0.4, 0.5) is 5.69 Å². The summed E-state index contributed by atoms with van der Waals surface area (Å²) in [5.41, 5.74) is 5.66. The Kier molecular flexibility index (Phi) is 4.69. The van der Waals surface area contributed by atoms with E-state index in [-0.39, 0.29) is 24.6 Å². The second kappa shape index (κ2) is 5.01. The van der Waals surface area contributed by atoms with Crippen LogP contribution in [0.5, 0.6) is 0 Å². The van der Waals surface area contributed by atoms with E-state index in [4.69, 9.17) is 17.3 Å². The van der Waals surface area contributed by atoms with Crippen LogP contribution in [0.1, 0.15) is 5.56 Å². The molecular formula is C7H8Cl2N2O2. The first-order valence-electron chi connectivity index (χ1n) is 3.28. The summed E-state index contributed by atoms with van der Waals surface area (Å²) in [4.78, 5) is 9.93. The van der Waals surface area contributed by atoms with Crippen molar-refractivity contribution in [3.8, 4) is 0 Å². The Morgan fingerprint density at radius 1 is 1.54 bits per heavy atom. The van der Waals surface area contributed by atoms with Crippen LogP contribution in [-0.4, -0.2) is 4.92 Å². The molecular weight excluding hydrogens is 215 g/mol. The number of halogens is 2. The lowest BCUT2D eigenvalue weighted by molar-refractivity contribution is -0.385. The largest absolute Gasteiger partial charge is 0.326 e. The molecule has 0 heterocycles. The van der Waals surface area contributed by atoms with Gasteiger partial charge in [-0.25, -0.2) is 0 Å². The average molecular weight is 223 g/mol. The van der Waals surface area contributed by atoms with Gasteiger partial charge in [-0.1, -0.05) is 17.7 Å². The lowest BCUT2D eigenvalue weighted by Gasteiger charge is -2.00. The third-order valence-electron chi connectivity index (χ3n) is 1.49. The van der Waals surface area contributed by atoms with Crippen molar-refractivity contribution in [3.05, 3.63) is 38.9 Å². The predicted octanol–water partition coefficient (Wildman–Crippen LogP) is 2.13. The molecule has 1 aromatic carbocycles. The second-order valence-corrected chi connectivity index (χ2v) is 2.61. The van der Waals surface area contributed by atoms with Crippen LogP contribution in [0.25, 0.3) is 0 Å². The van der Waals surface area contributed by atoms with E-state index in [0.717, 1.165) is 0 Å². The minimum atomic E-state index is -0.492. The number of hydrogen-bond donors (Lipinski definition) is 1. The van der Waals surface area contributed by atoms with E-state index in [9.17, 15) is 10.1 Å². The number of nitrogens with two attached hydrogens (primary N) is 1. The van der Waals surface area contributed by atoms with Gasteiger partial charge in [-0.15, -0.1) is 12.4 Å². The first-order chi connectivity index (χ1) is 5.66. The fourth-order valence-electron chi connectivity index (χ4n) is 0.920. The van der Waals surface area contributed by atoms with Gasteiger partial charge in [0.05, 0.1) is 15.5 Å². The number of nitro groups is 1. The molecule has 2 N–H and O–H groups in total. The zero-order valence-corrected chi connectivity index (χ0v) is 8.14. The third kappa shape index (κ3) is 2.55. The molecule has 0 fully saturated rings. The molecule has 0 radical (unpaired) electrons. The van der Waals surface area contributed by atoms with E-state index in [1.165, 1.54) is 12.1 Å². The summed E-state index contributed by atoms with van der Waals surface area (Å²) in [6, 6.07) is 4.49. The first-order valence-corrected chi connectivity index (χ1v) is 3.66. The Balaban J connectivity index is 0.00000144. The monoisotopic (exact) mass is 222 g/mol. The first kappa shape index (κ1) is 12.2. The van der Waals surface area contributed by atoms with Gasteiger partial charge in [-0.05, 0) is 6.07 Å². The molecule has 0 amide bonds. The van der Waals surface area contributed by atoms with Crippen molar-refractivity contribution in [2.75, 3.05) is 0 Å². The summed E-state index contributed by atoms with van der Waals surface area (Å²) in [5.74, 6) is 0. The molecule has 6 heteroatoms. The Morgan fingerprint density at radius 3 is 2.54 bits per heavy atom. The molecule has 0 aliphatic heterocycles. The second-order valence-electron chi connectivity index (χ2n) is 2.20. The quantitative estimate of drug-likeness (QED) is 0.616. The smallest absolute Gasteiger partial charge is 0.275 e. The molecule has 1 rings (SSSR count). The van der Waals surface area contributed by atoms with Crippen LogP contribution in [0.15, 0.2) is 18.2 Å². The van der Waals surface area contributed by atoms with Gasteiger partial charge in [0.1, 0.15) is 0 Å². The molecule has 0 aliphatic rings. The highest BCUT2D eigenvalue weighted by molar-refractivity contribution is 6.31. The Hall–Kier alpha value is -0.840. The van der Waals surface area contributed by atoms with Gasteiger partial charge in [0, 0.05) is 12.6 Å². The van der Waals surface area contributed by atoms with Crippen LogP contribution >= 0.6 is 24.0 Å². The number of hydrogen-bond acceptors (Lipinski definition) is 3. The molecule has 0 saturated carbocycles. The Morgan fingerprint density at radius 2 is 2.15 bits per heavy atom. The van der Waals surface area contributed by atoms with Crippen molar-refractivity contribution in [3.63, 3.8) is 0 Å². The standard InChI is InChI=1S/C7H7ClN2O2.ClH/c8-6-2-1-3-7(10(11)12)5(6)4-9;/h1-3H,4,9H2;1H. The highest BCUT2D eigenvalue weighted by atomic mass is 35.5. The summed E-state index contributed by atoms with van der Waals surface area (Å²) >= 11 is 5.69.